The molecular weight excluding hydrogens is 238 g/mol. The summed E-state index contributed by atoms with van der Waals surface area (Å²) in [5, 5.41) is 17.4. The molecule has 5 nitrogen and oxygen atoms in total. The standard InChI is InChI=1S/C14H9N5/c15-9-11-4-3-5-12(8-11)13-10-17-19(18-13)14-6-1-2-7-16-14/h1-8,10H. The Kier molecular flexibility index (Phi) is 2.75. The Hall–Kier alpha value is -3.00. The molecule has 2 aromatic heterocycles. The van der Waals surface area contributed by atoms with Crippen molar-refractivity contribution >= 4 is 0 Å². The summed E-state index contributed by atoms with van der Waals surface area (Å²) in [6.07, 6.45) is 3.35. The lowest BCUT2D eigenvalue weighted by Gasteiger charge is -1.97. The number of rotatable bonds is 2. The number of nitrogens with zero attached hydrogens (tertiary/aromatic N) is 5. The lowest BCUT2D eigenvalue weighted by atomic mass is 10.1. The van der Waals surface area contributed by atoms with Gasteiger partial charge < -0.3 is 0 Å². The van der Waals surface area contributed by atoms with E-state index in [2.05, 4.69) is 21.3 Å². The maximum Gasteiger partial charge on any atom is 0.174 e. The normalized spacial score (nSPS) is 10.1. The molecule has 0 bridgehead atoms. The fourth-order valence-electron chi connectivity index (χ4n) is 1.73. The highest BCUT2D eigenvalue weighted by Gasteiger charge is 2.06. The molecule has 19 heavy (non-hydrogen) atoms. The molecule has 0 amide bonds. The van der Waals surface area contributed by atoms with Gasteiger partial charge >= 0.3 is 0 Å². The van der Waals surface area contributed by atoms with Crippen molar-refractivity contribution in [2.24, 2.45) is 0 Å². The minimum absolute atomic E-state index is 0.602. The van der Waals surface area contributed by atoms with Gasteiger partial charge in [-0.2, -0.15) is 10.4 Å². The van der Waals surface area contributed by atoms with Gasteiger partial charge in [-0.15, -0.1) is 9.90 Å². The summed E-state index contributed by atoms with van der Waals surface area (Å²) >= 11 is 0. The van der Waals surface area contributed by atoms with E-state index in [1.807, 2.05) is 30.3 Å². The van der Waals surface area contributed by atoms with Gasteiger partial charge in [0.2, 0.25) is 0 Å². The zero-order chi connectivity index (χ0) is 13.1. The molecule has 0 N–H and O–H groups in total. The van der Waals surface area contributed by atoms with Crippen molar-refractivity contribution in [2.75, 3.05) is 0 Å². The zero-order valence-corrected chi connectivity index (χ0v) is 9.93. The molecular formula is C14H9N5. The van der Waals surface area contributed by atoms with E-state index in [4.69, 9.17) is 5.26 Å². The van der Waals surface area contributed by atoms with Crippen molar-refractivity contribution < 1.29 is 0 Å². The first-order chi connectivity index (χ1) is 9.36. The molecule has 2 heterocycles. The van der Waals surface area contributed by atoms with Gasteiger partial charge in [-0.1, -0.05) is 18.2 Å². The molecule has 3 rings (SSSR count). The number of benzene rings is 1. The van der Waals surface area contributed by atoms with Crippen LogP contribution >= 0.6 is 0 Å². The fraction of sp³-hybridized carbons (Fsp3) is 0. The highest BCUT2D eigenvalue weighted by atomic mass is 15.5. The van der Waals surface area contributed by atoms with Gasteiger partial charge in [0.15, 0.2) is 5.82 Å². The van der Waals surface area contributed by atoms with Crippen LogP contribution in [0, 0.1) is 11.3 Å². The number of pyridine rings is 1. The lowest BCUT2D eigenvalue weighted by Crippen LogP contribution is -2.00. The first-order valence-electron chi connectivity index (χ1n) is 5.71. The van der Waals surface area contributed by atoms with Crippen LogP contribution in [-0.2, 0) is 0 Å². The Labute approximate surface area is 109 Å². The second-order valence-electron chi connectivity index (χ2n) is 3.90. The van der Waals surface area contributed by atoms with Crippen LogP contribution in [0.3, 0.4) is 0 Å². The van der Waals surface area contributed by atoms with E-state index in [1.54, 1.807) is 24.5 Å². The predicted octanol–water partition coefficient (Wildman–Crippen LogP) is 2.20. The quantitative estimate of drug-likeness (QED) is 0.696. The molecule has 0 aliphatic carbocycles. The van der Waals surface area contributed by atoms with Crippen molar-refractivity contribution in [3.8, 4) is 23.1 Å². The second kappa shape index (κ2) is 4.70. The van der Waals surface area contributed by atoms with Crippen LogP contribution in [0.5, 0.6) is 0 Å². The summed E-state index contributed by atoms with van der Waals surface area (Å²) in [7, 11) is 0. The number of nitriles is 1. The first-order valence-corrected chi connectivity index (χ1v) is 5.71. The van der Waals surface area contributed by atoms with Crippen molar-refractivity contribution in [2.45, 2.75) is 0 Å². The van der Waals surface area contributed by atoms with Crippen LogP contribution in [0.25, 0.3) is 17.1 Å². The van der Waals surface area contributed by atoms with Gasteiger partial charge in [0.05, 0.1) is 17.8 Å². The summed E-state index contributed by atoms with van der Waals surface area (Å²) in [5.41, 5.74) is 2.17. The molecule has 0 atom stereocenters. The van der Waals surface area contributed by atoms with Crippen molar-refractivity contribution in [3.63, 3.8) is 0 Å². The largest absolute Gasteiger partial charge is 0.236 e. The highest BCUT2D eigenvalue weighted by Crippen LogP contribution is 2.17. The molecule has 0 saturated heterocycles. The predicted molar refractivity (Wildman–Crippen MR) is 69.3 cm³/mol. The molecule has 0 radical (unpaired) electrons. The fourth-order valence-corrected chi connectivity index (χ4v) is 1.73. The third-order valence-electron chi connectivity index (χ3n) is 2.63. The van der Waals surface area contributed by atoms with E-state index in [0.29, 0.717) is 17.1 Å². The summed E-state index contributed by atoms with van der Waals surface area (Å²) in [6.45, 7) is 0. The SMILES string of the molecule is N#Cc1cccc(-c2cnn(-c3ccccn3)n2)c1. The smallest absolute Gasteiger partial charge is 0.174 e. The van der Waals surface area contributed by atoms with E-state index >= 15 is 0 Å². The molecule has 0 aliphatic rings. The van der Waals surface area contributed by atoms with Gasteiger partial charge in [0.25, 0.3) is 0 Å². The molecule has 0 unspecified atom stereocenters. The molecule has 0 fully saturated rings. The molecule has 0 spiro atoms. The van der Waals surface area contributed by atoms with Gasteiger partial charge in [0.1, 0.15) is 5.69 Å². The lowest BCUT2D eigenvalue weighted by molar-refractivity contribution is 0.731. The molecule has 90 valence electrons. The third kappa shape index (κ3) is 2.19. The number of hydrogen-bond donors (Lipinski definition) is 0. The molecule has 0 saturated carbocycles. The number of hydrogen-bond acceptors (Lipinski definition) is 4. The summed E-state index contributed by atoms with van der Waals surface area (Å²) in [6, 6.07) is 14.9. The average Bonchev–Trinajstić information content (AvgIpc) is 2.98. The minimum atomic E-state index is 0.602. The van der Waals surface area contributed by atoms with Crippen molar-refractivity contribution in [3.05, 3.63) is 60.4 Å². The van der Waals surface area contributed by atoms with E-state index in [0.717, 1.165) is 5.56 Å². The van der Waals surface area contributed by atoms with Crippen molar-refractivity contribution in [1.29, 1.82) is 5.26 Å². The third-order valence-corrected chi connectivity index (χ3v) is 2.63. The first kappa shape index (κ1) is 11.1. The van der Waals surface area contributed by atoms with Crippen LogP contribution in [0.15, 0.2) is 54.9 Å². The van der Waals surface area contributed by atoms with Crippen LogP contribution < -0.4 is 0 Å². The maximum absolute atomic E-state index is 8.89. The van der Waals surface area contributed by atoms with Crippen LogP contribution in [-0.4, -0.2) is 20.0 Å². The Morgan fingerprint density at radius 1 is 1.11 bits per heavy atom. The van der Waals surface area contributed by atoms with Crippen LogP contribution in [0.4, 0.5) is 0 Å². The van der Waals surface area contributed by atoms with Crippen molar-refractivity contribution in [1.82, 2.24) is 20.0 Å². The van der Waals surface area contributed by atoms with Crippen LogP contribution in [0.2, 0.25) is 0 Å². The monoisotopic (exact) mass is 247 g/mol. The summed E-state index contributed by atoms with van der Waals surface area (Å²) in [5.74, 6) is 0.658. The summed E-state index contributed by atoms with van der Waals surface area (Å²) < 4.78 is 0. The average molecular weight is 247 g/mol. The highest BCUT2D eigenvalue weighted by molar-refractivity contribution is 5.60. The van der Waals surface area contributed by atoms with E-state index in [9.17, 15) is 0 Å². The Morgan fingerprint density at radius 3 is 2.84 bits per heavy atom. The van der Waals surface area contributed by atoms with E-state index in [1.165, 1.54) is 4.80 Å². The zero-order valence-electron chi connectivity index (χ0n) is 9.93. The van der Waals surface area contributed by atoms with Gasteiger partial charge in [-0.05, 0) is 24.3 Å². The Morgan fingerprint density at radius 2 is 2.05 bits per heavy atom. The Bertz CT molecular complexity index is 740. The minimum Gasteiger partial charge on any atom is -0.236 e. The molecule has 3 aromatic rings. The number of aromatic nitrogens is 4. The van der Waals surface area contributed by atoms with Crippen LogP contribution in [0.1, 0.15) is 5.56 Å². The van der Waals surface area contributed by atoms with Gasteiger partial charge in [-0.25, -0.2) is 4.98 Å². The van der Waals surface area contributed by atoms with E-state index < -0.39 is 0 Å². The summed E-state index contributed by atoms with van der Waals surface area (Å²) in [4.78, 5) is 5.64. The second-order valence-corrected chi connectivity index (χ2v) is 3.90. The van der Waals surface area contributed by atoms with Gasteiger partial charge in [0, 0.05) is 11.8 Å². The van der Waals surface area contributed by atoms with E-state index in [-0.39, 0.29) is 0 Å². The maximum atomic E-state index is 8.89. The Balaban J connectivity index is 2.00. The topological polar surface area (TPSA) is 67.4 Å². The molecule has 0 aliphatic heterocycles. The van der Waals surface area contributed by atoms with Gasteiger partial charge in [-0.3, -0.25) is 0 Å². The molecule has 5 heteroatoms. The molecule has 1 aromatic carbocycles.